The summed E-state index contributed by atoms with van der Waals surface area (Å²) < 4.78 is 5.44. The number of carbonyl (C=O) groups is 1. The first-order valence-electron chi connectivity index (χ1n) is 9.19. The SMILES string of the molecule is CN=C(NCC1(C(=O)N(C)C)CCCC1)N(C)Cc1ccccc1OC. The van der Waals surface area contributed by atoms with Crippen LogP contribution in [0.3, 0.4) is 0 Å². The second-order valence-electron chi connectivity index (χ2n) is 7.26. The Morgan fingerprint density at radius 3 is 2.46 bits per heavy atom. The summed E-state index contributed by atoms with van der Waals surface area (Å²) in [7, 11) is 9.13. The van der Waals surface area contributed by atoms with Crippen LogP contribution in [-0.2, 0) is 11.3 Å². The Bertz CT molecular complexity index is 636. The fraction of sp³-hybridized carbons (Fsp3) is 0.600. The number of para-hydroxylation sites is 1. The van der Waals surface area contributed by atoms with Crippen molar-refractivity contribution in [3.8, 4) is 5.75 Å². The summed E-state index contributed by atoms with van der Waals surface area (Å²) in [6, 6.07) is 7.98. The third-order valence-electron chi connectivity index (χ3n) is 5.18. The molecule has 1 aliphatic rings. The molecule has 1 N–H and O–H groups in total. The summed E-state index contributed by atoms with van der Waals surface area (Å²) in [6.07, 6.45) is 4.09. The van der Waals surface area contributed by atoms with Crippen molar-refractivity contribution in [2.24, 2.45) is 10.4 Å². The van der Waals surface area contributed by atoms with Crippen molar-refractivity contribution >= 4 is 11.9 Å². The molecule has 1 aromatic carbocycles. The molecule has 0 unspecified atom stereocenters. The van der Waals surface area contributed by atoms with Gasteiger partial charge in [-0.2, -0.15) is 0 Å². The summed E-state index contributed by atoms with van der Waals surface area (Å²) in [6.45, 7) is 1.30. The van der Waals surface area contributed by atoms with Gasteiger partial charge in [0.2, 0.25) is 5.91 Å². The molecule has 26 heavy (non-hydrogen) atoms. The van der Waals surface area contributed by atoms with E-state index >= 15 is 0 Å². The summed E-state index contributed by atoms with van der Waals surface area (Å²) in [4.78, 5) is 20.9. The average molecular weight is 361 g/mol. The zero-order valence-corrected chi connectivity index (χ0v) is 16.7. The zero-order valence-electron chi connectivity index (χ0n) is 16.7. The molecular weight excluding hydrogens is 328 g/mol. The van der Waals surface area contributed by atoms with Gasteiger partial charge in [0.15, 0.2) is 5.96 Å². The van der Waals surface area contributed by atoms with Crippen molar-refractivity contribution in [3.63, 3.8) is 0 Å². The van der Waals surface area contributed by atoms with E-state index in [-0.39, 0.29) is 11.3 Å². The largest absolute Gasteiger partial charge is 0.496 e. The van der Waals surface area contributed by atoms with Gasteiger partial charge in [-0.25, -0.2) is 0 Å². The van der Waals surface area contributed by atoms with Gasteiger partial charge in [-0.3, -0.25) is 9.79 Å². The lowest BCUT2D eigenvalue weighted by molar-refractivity contribution is -0.138. The number of ether oxygens (including phenoxy) is 1. The Morgan fingerprint density at radius 2 is 1.88 bits per heavy atom. The Hall–Kier alpha value is -2.24. The molecule has 0 bridgehead atoms. The van der Waals surface area contributed by atoms with Gasteiger partial charge in [0.25, 0.3) is 0 Å². The number of aliphatic imine (C=N–C) groups is 1. The minimum Gasteiger partial charge on any atom is -0.496 e. The van der Waals surface area contributed by atoms with E-state index in [1.807, 2.05) is 39.3 Å². The standard InChI is InChI=1S/C20H32N4O2/c1-21-19(24(4)14-16-10-6-7-11-17(16)26-5)22-15-20(12-8-9-13-20)18(25)23(2)3/h6-7,10-11H,8-9,12-15H2,1-5H3,(H,21,22). The van der Waals surface area contributed by atoms with Crippen LogP contribution in [0.4, 0.5) is 0 Å². The smallest absolute Gasteiger partial charge is 0.230 e. The molecule has 0 heterocycles. The van der Waals surface area contributed by atoms with E-state index in [2.05, 4.69) is 21.3 Å². The zero-order chi connectivity index (χ0) is 19.2. The van der Waals surface area contributed by atoms with Gasteiger partial charge in [0.05, 0.1) is 12.5 Å². The monoisotopic (exact) mass is 360 g/mol. The summed E-state index contributed by atoms with van der Waals surface area (Å²) in [5.41, 5.74) is 0.783. The number of nitrogens with zero attached hydrogens (tertiary/aromatic N) is 3. The topological polar surface area (TPSA) is 57.2 Å². The third kappa shape index (κ3) is 4.48. The van der Waals surface area contributed by atoms with Gasteiger partial charge < -0.3 is 19.9 Å². The number of nitrogens with one attached hydrogen (secondary N) is 1. The predicted octanol–water partition coefficient (Wildman–Crippen LogP) is 2.35. The van der Waals surface area contributed by atoms with Crippen LogP contribution >= 0.6 is 0 Å². The highest BCUT2D eigenvalue weighted by Crippen LogP contribution is 2.39. The summed E-state index contributed by atoms with van der Waals surface area (Å²) in [5, 5.41) is 3.43. The molecule has 144 valence electrons. The predicted molar refractivity (Wildman–Crippen MR) is 105 cm³/mol. The average Bonchev–Trinajstić information content (AvgIpc) is 3.12. The van der Waals surface area contributed by atoms with E-state index in [9.17, 15) is 4.79 Å². The van der Waals surface area contributed by atoms with Crippen molar-refractivity contribution in [1.82, 2.24) is 15.1 Å². The van der Waals surface area contributed by atoms with Gasteiger partial charge in [0.1, 0.15) is 5.75 Å². The van der Waals surface area contributed by atoms with Crippen LogP contribution in [-0.4, -0.2) is 63.5 Å². The van der Waals surface area contributed by atoms with Crippen molar-refractivity contribution < 1.29 is 9.53 Å². The Morgan fingerprint density at radius 1 is 1.23 bits per heavy atom. The van der Waals surface area contributed by atoms with Crippen molar-refractivity contribution in [2.75, 3.05) is 41.8 Å². The molecule has 0 spiro atoms. The lowest BCUT2D eigenvalue weighted by Crippen LogP contribution is -2.49. The maximum Gasteiger partial charge on any atom is 0.230 e. The fourth-order valence-electron chi connectivity index (χ4n) is 3.79. The first-order valence-corrected chi connectivity index (χ1v) is 9.19. The number of hydrogen-bond acceptors (Lipinski definition) is 3. The van der Waals surface area contributed by atoms with E-state index in [4.69, 9.17) is 4.74 Å². The summed E-state index contributed by atoms with van der Waals surface area (Å²) >= 11 is 0. The first-order chi connectivity index (χ1) is 12.4. The molecule has 1 amide bonds. The van der Waals surface area contributed by atoms with Crippen LogP contribution in [0.25, 0.3) is 0 Å². The molecule has 0 aliphatic heterocycles. The van der Waals surface area contributed by atoms with Gasteiger partial charge in [0, 0.05) is 46.8 Å². The van der Waals surface area contributed by atoms with Crippen molar-refractivity contribution in [1.29, 1.82) is 0 Å². The lowest BCUT2D eigenvalue weighted by Gasteiger charge is -2.32. The molecule has 6 nitrogen and oxygen atoms in total. The maximum atomic E-state index is 12.7. The number of amides is 1. The van der Waals surface area contributed by atoms with Crippen LogP contribution in [0.1, 0.15) is 31.2 Å². The highest BCUT2D eigenvalue weighted by Gasteiger charge is 2.42. The van der Waals surface area contributed by atoms with E-state index in [0.29, 0.717) is 13.1 Å². The number of guanidine groups is 1. The molecule has 1 aromatic rings. The molecule has 0 saturated heterocycles. The van der Waals surface area contributed by atoms with Crippen LogP contribution < -0.4 is 10.1 Å². The molecule has 2 rings (SSSR count). The molecule has 1 aliphatic carbocycles. The van der Waals surface area contributed by atoms with E-state index in [0.717, 1.165) is 43.0 Å². The van der Waals surface area contributed by atoms with Crippen LogP contribution in [0.5, 0.6) is 5.75 Å². The van der Waals surface area contributed by atoms with Gasteiger partial charge in [-0.1, -0.05) is 31.0 Å². The van der Waals surface area contributed by atoms with E-state index < -0.39 is 0 Å². The summed E-state index contributed by atoms with van der Waals surface area (Å²) in [5.74, 6) is 1.86. The second-order valence-corrected chi connectivity index (χ2v) is 7.26. The number of methoxy groups -OCH3 is 1. The number of benzene rings is 1. The third-order valence-corrected chi connectivity index (χ3v) is 5.18. The van der Waals surface area contributed by atoms with Gasteiger partial charge in [-0.05, 0) is 18.9 Å². The van der Waals surface area contributed by atoms with E-state index in [1.165, 1.54) is 0 Å². The minimum atomic E-state index is -0.315. The molecule has 0 atom stereocenters. The highest BCUT2D eigenvalue weighted by atomic mass is 16.5. The highest BCUT2D eigenvalue weighted by molar-refractivity contribution is 5.85. The quantitative estimate of drug-likeness (QED) is 0.625. The Labute approximate surface area is 157 Å². The first kappa shape index (κ1) is 20.1. The molecule has 1 saturated carbocycles. The Balaban J connectivity index is 2.05. The van der Waals surface area contributed by atoms with Crippen molar-refractivity contribution in [2.45, 2.75) is 32.2 Å². The normalized spacial score (nSPS) is 16.3. The maximum absolute atomic E-state index is 12.7. The fourth-order valence-corrected chi connectivity index (χ4v) is 3.79. The van der Waals surface area contributed by atoms with E-state index in [1.54, 1.807) is 19.1 Å². The molecule has 6 heteroatoms. The van der Waals surface area contributed by atoms with Crippen molar-refractivity contribution in [3.05, 3.63) is 29.8 Å². The number of hydrogen-bond donors (Lipinski definition) is 1. The lowest BCUT2D eigenvalue weighted by atomic mass is 9.84. The molecule has 0 aromatic heterocycles. The van der Waals surface area contributed by atoms with Gasteiger partial charge >= 0.3 is 0 Å². The molecular formula is C20H32N4O2. The van der Waals surface area contributed by atoms with Gasteiger partial charge in [-0.15, -0.1) is 0 Å². The minimum absolute atomic E-state index is 0.213. The molecule has 1 fully saturated rings. The second kappa shape index (κ2) is 8.92. The number of carbonyl (C=O) groups excluding carboxylic acids is 1. The van der Waals surface area contributed by atoms with Crippen LogP contribution in [0, 0.1) is 5.41 Å². The van der Waals surface area contributed by atoms with Crippen LogP contribution in [0.15, 0.2) is 29.3 Å². The molecule has 0 radical (unpaired) electrons. The van der Waals surface area contributed by atoms with Crippen LogP contribution in [0.2, 0.25) is 0 Å². The Kier molecular flexibility index (Phi) is 6.89. The number of rotatable bonds is 6.